The number of aromatic amines is 1. The topological polar surface area (TPSA) is 96.0 Å². The predicted molar refractivity (Wildman–Crippen MR) is 106 cm³/mol. The molecule has 2 heterocycles. The zero-order valence-corrected chi connectivity index (χ0v) is 15.6. The minimum atomic E-state index is -0.259. The van der Waals surface area contributed by atoms with Gasteiger partial charge in [-0.05, 0) is 36.9 Å². The van der Waals surface area contributed by atoms with E-state index in [1.807, 2.05) is 18.4 Å². The van der Waals surface area contributed by atoms with Crippen molar-refractivity contribution in [3.8, 4) is 5.69 Å². The molecule has 0 aliphatic carbocycles. The molecule has 2 amide bonds. The number of nitrogens with zero attached hydrogens (tertiary/aromatic N) is 1. The quantitative estimate of drug-likeness (QED) is 0.547. The number of carbonyl (C=O) groups excluding carboxylic acids is 2. The van der Waals surface area contributed by atoms with Gasteiger partial charge in [0.2, 0.25) is 5.91 Å². The fourth-order valence-electron chi connectivity index (χ4n) is 2.69. The third-order valence-electron chi connectivity index (χ3n) is 4.03. The summed E-state index contributed by atoms with van der Waals surface area (Å²) in [4.78, 5) is 38.7. The molecule has 140 valence electrons. The van der Waals surface area contributed by atoms with Crippen LogP contribution in [0.4, 0.5) is 5.69 Å². The van der Waals surface area contributed by atoms with Crippen LogP contribution in [0, 0.1) is 6.92 Å². The summed E-state index contributed by atoms with van der Waals surface area (Å²) in [5.41, 5.74) is 2.30. The van der Waals surface area contributed by atoms with Crippen LogP contribution in [-0.4, -0.2) is 27.9 Å². The van der Waals surface area contributed by atoms with E-state index in [9.17, 15) is 14.4 Å². The summed E-state index contributed by atoms with van der Waals surface area (Å²) < 4.78 is 1.51. The summed E-state index contributed by atoms with van der Waals surface area (Å²) in [7, 11) is 0. The molecule has 2 aromatic heterocycles. The van der Waals surface area contributed by atoms with E-state index in [1.54, 1.807) is 35.8 Å². The summed E-state index contributed by atoms with van der Waals surface area (Å²) in [6, 6.07) is 8.90. The van der Waals surface area contributed by atoms with E-state index in [4.69, 9.17) is 0 Å². The number of hydrogen-bond acceptors (Lipinski definition) is 4. The van der Waals surface area contributed by atoms with Gasteiger partial charge >= 0.3 is 5.69 Å². The van der Waals surface area contributed by atoms with Crippen LogP contribution in [0.25, 0.3) is 5.69 Å². The van der Waals surface area contributed by atoms with E-state index in [-0.39, 0.29) is 23.9 Å². The second kappa shape index (κ2) is 8.50. The number of aryl methyl sites for hydroxylation is 1. The lowest BCUT2D eigenvalue weighted by atomic mass is 10.2. The van der Waals surface area contributed by atoms with Gasteiger partial charge in [0.25, 0.3) is 5.91 Å². The SMILES string of the molecule is Cc1c[nH]c(=O)n1-c1ccccc1NC(=O)CCCNC(=O)c1ccsc1. The number of rotatable bonds is 7. The van der Waals surface area contributed by atoms with Gasteiger partial charge in [0.15, 0.2) is 0 Å². The highest BCUT2D eigenvalue weighted by molar-refractivity contribution is 7.08. The first kappa shape index (κ1) is 18.7. The first-order valence-electron chi connectivity index (χ1n) is 8.53. The molecule has 7 nitrogen and oxygen atoms in total. The summed E-state index contributed by atoms with van der Waals surface area (Å²) in [5, 5.41) is 9.26. The maximum absolute atomic E-state index is 12.3. The van der Waals surface area contributed by atoms with Crippen LogP contribution in [-0.2, 0) is 4.79 Å². The monoisotopic (exact) mass is 384 g/mol. The first-order valence-corrected chi connectivity index (χ1v) is 9.47. The van der Waals surface area contributed by atoms with Crippen molar-refractivity contribution >= 4 is 28.8 Å². The van der Waals surface area contributed by atoms with Crippen molar-refractivity contribution in [2.24, 2.45) is 0 Å². The van der Waals surface area contributed by atoms with Gasteiger partial charge < -0.3 is 15.6 Å². The summed E-state index contributed by atoms with van der Waals surface area (Å²) in [5.74, 6) is -0.308. The van der Waals surface area contributed by atoms with Crippen LogP contribution in [0.5, 0.6) is 0 Å². The Morgan fingerprint density at radius 3 is 2.74 bits per heavy atom. The van der Waals surface area contributed by atoms with E-state index >= 15 is 0 Å². The van der Waals surface area contributed by atoms with Crippen LogP contribution >= 0.6 is 11.3 Å². The van der Waals surface area contributed by atoms with Gasteiger partial charge in [0.05, 0.1) is 11.4 Å². The lowest BCUT2D eigenvalue weighted by Crippen LogP contribution is -2.25. The van der Waals surface area contributed by atoms with Gasteiger partial charge in [0, 0.05) is 35.8 Å². The molecule has 1 aromatic carbocycles. The zero-order chi connectivity index (χ0) is 19.2. The van der Waals surface area contributed by atoms with Crippen molar-refractivity contribution in [3.63, 3.8) is 0 Å². The van der Waals surface area contributed by atoms with Crippen LogP contribution in [0.1, 0.15) is 28.9 Å². The van der Waals surface area contributed by atoms with Crippen LogP contribution in [0.3, 0.4) is 0 Å². The molecule has 0 aliphatic heterocycles. The molecule has 0 saturated heterocycles. The Morgan fingerprint density at radius 1 is 1.22 bits per heavy atom. The normalized spacial score (nSPS) is 10.6. The molecule has 8 heteroatoms. The molecule has 3 rings (SSSR count). The molecule has 3 aromatic rings. The molecule has 0 saturated carbocycles. The number of thiophene rings is 1. The minimum absolute atomic E-state index is 0.135. The Balaban J connectivity index is 1.56. The van der Waals surface area contributed by atoms with Crippen molar-refractivity contribution < 1.29 is 9.59 Å². The van der Waals surface area contributed by atoms with Crippen molar-refractivity contribution in [2.45, 2.75) is 19.8 Å². The minimum Gasteiger partial charge on any atom is -0.352 e. The van der Waals surface area contributed by atoms with Gasteiger partial charge in [0.1, 0.15) is 0 Å². The number of nitrogens with one attached hydrogen (secondary N) is 3. The van der Waals surface area contributed by atoms with Gasteiger partial charge in [-0.25, -0.2) is 4.79 Å². The smallest absolute Gasteiger partial charge is 0.330 e. The number of carbonyl (C=O) groups is 2. The van der Waals surface area contributed by atoms with Crippen molar-refractivity contribution in [2.75, 3.05) is 11.9 Å². The van der Waals surface area contributed by atoms with Crippen LogP contribution < -0.4 is 16.3 Å². The molecule has 3 N–H and O–H groups in total. The van der Waals surface area contributed by atoms with Crippen LogP contribution in [0.2, 0.25) is 0 Å². The number of benzene rings is 1. The molecule has 0 fully saturated rings. The fraction of sp³-hybridized carbons (Fsp3) is 0.211. The number of anilines is 1. The molecule has 0 spiro atoms. The standard InChI is InChI=1S/C19H20N4O3S/c1-13-11-21-19(26)23(13)16-6-3-2-5-15(16)22-17(24)7-4-9-20-18(25)14-8-10-27-12-14/h2-3,5-6,8,10-12H,4,7,9H2,1H3,(H,20,25)(H,21,26)(H,22,24). The molecule has 0 unspecified atom stereocenters. The van der Waals surface area contributed by atoms with E-state index in [2.05, 4.69) is 15.6 Å². The number of aromatic nitrogens is 2. The molecule has 0 radical (unpaired) electrons. The molecule has 0 bridgehead atoms. The average Bonchev–Trinajstić information content (AvgIpc) is 3.30. The predicted octanol–water partition coefficient (Wildman–Crippen LogP) is 2.68. The molecule has 0 aliphatic rings. The van der Waals surface area contributed by atoms with Crippen LogP contribution in [0.15, 0.2) is 52.1 Å². The van der Waals surface area contributed by atoms with E-state index in [0.29, 0.717) is 29.9 Å². The van der Waals surface area contributed by atoms with Gasteiger partial charge in [-0.15, -0.1) is 0 Å². The number of amides is 2. The highest BCUT2D eigenvalue weighted by atomic mass is 32.1. The molecule has 27 heavy (non-hydrogen) atoms. The van der Waals surface area contributed by atoms with E-state index in [0.717, 1.165) is 5.69 Å². The Hall–Kier alpha value is -3.13. The third kappa shape index (κ3) is 4.53. The second-order valence-electron chi connectivity index (χ2n) is 6.01. The summed E-state index contributed by atoms with van der Waals surface area (Å²) >= 11 is 1.46. The zero-order valence-electron chi connectivity index (χ0n) is 14.8. The van der Waals surface area contributed by atoms with Crippen molar-refractivity contribution in [3.05, 3.63) is 69.0 Å². The van der Waals surface area contributed by atoms with E-state index in [1.165, 1.54) is 15.9 Å². The highest BCUT2D eigenvalue weighted by Gasteiger charge is 2.12. The summed E-state index contributed by atoms with van der Waals surface area (Å²) in [6.45, 7) is 2.23. The average molecular weight is 384 g/mol. The lowest BCUT2D eigenvalue weighted by molar-refractivity contribution is -0.116. The Kier molecular flexibility index (Phi) is 5.87. The molecular formula is C19H20N4O3S. The maximum atomic E-state index is 12.3. The Morgan fingerprint density at radius 2 is 2.04 bits per heavy atom. The Labute approximate surface area is 160 Å². The third-order valence-corrected chi connectivity index (χ3v) is 4.71. The van der Waals surface area contributed by atoms with Gasteiger partial charge in [-0.2, -0.15) is 11.3 Å². The number of imidazole rings is 1. The number of para-hydroxylation sites is 2. The van der Waals surface area contributed by atoms with E-state index < -0.39 is 0 Å². The van der Waals surface area contributed by atoms with Crippen molar-refractivity contribution in [1.29, 1.82) is 0 Å². The largest absolute Gasteiger partial charge is 0.352 e. The van der Waals surface area contributed by atoms with Gasteiger partial charge in [-0.1, -0.05) is 12.1 Å². The maximum Gasteiger partial charge on any atom is 0.330 e. The van der Waals surface area contributed by atoms with Gasteiger partial charge in [-0.3, -0.25) is 14.2 Å². The Bertz CT molecular complexity index is 989. The highest BCUT2D eigenvalue weighted by Crippen LogP contribution is 2.20. The summed E-state index contributed by atoms with van der Waals surface area (Å²) in [6.07, 6.45) is 2.41. The molecule has 0 atom stereocenters. The fourth-order valence-corrected chi connectivity index (χ4v) is 3.32. The lowest BCUT2D eigenvalue weighted by Gasteiger charge is -2.12. The first-order chi connectivity index (χ1) is 13.1. The number of hydrogen-bond donors (Lipinski definition) is 3. The number of H-pyrrole nitrogens is 1. The molecular weight excluding hydrogens is 364 g/mol. The van der Waals surface area contributed by atoms with Crippen molar-refractivity contribution in [1.82, 2.24) is 14.9 Å². The second-order valence-corrected chi connectivity index (χ2v) is 6.79.